The van der Waals surface area contributed by atoms with Crippen molar-refractivity contribution < 1.29 is 4.74 Å². The van der Waals surface area contributed by atoms with E-state index in [1.807, 2.05) is 47.4 Å². The summed E-state index contributed by atoms with van der Waals surface area (Å²) in [5, 5.41) is 11.0. The number of aliphatic imine (C=N–C) groups is 1. The van der Waals surface area contributed by atoms with Gasteiger partial charge in [-0.1, -0.05) is 32.0 Å². The van der Waals surface area contributed by atoms with E-state index >= 15 is 0 Å². The lowest BCUT2D eigenvalue weighted by Crippen LogP contribution is -2.38. The average molecular weight is 485 g/mol. The van der Waals surface area contributed by atoms with Gasteiger partial charge in [0.05, 0.1) is 18.4 Å². The highest BCUT2D eigenvalue weighted by Crippen LogP contribution is 2.08. The van der Waals surface area contributed by atoms with E-state index in [9.17, 15) is 0 Å². The fourth-order valence-corrected chi connectivity index (χ4v) is 2.38. The van der Waals surface area contributed by atoms with Crippen LogP contribution in [-0.4, -0.2) is 42.0 Å². The second-order valence-corrected chi connectivity index (χ2v) is 6.57. The summed E-state index contributed by atoms with van der Waals surface area (Å²) < 4.78 is 7.47. The van der Waals surface area contributed by atoms with Crippen LogP contribution in [-0.2, 0) is 11.3 Å². The molecule has 6 nitrogen and oxygen atoms in total. The lowest BCUT2D eigenvalue weighted by Gasteiger charge is -2.11. The minimum absolute atomic E-state index is 0. The van der Waals surface area contributed by atoms with Gasteiger partial charge in [-0.2, -0.15) is 5.10 Å². The van der Waals surface area contributed by atoms with Crippen LogP contribution in [0.1, 0.15) is 32.8 Å². The molecule has 0 bridgehead atoms. The van der Waals surface area contributed by atoms with Gasteiger partial charge in [0.15, 0.2) is 5.96 Å². The fourth-order valence-electron chi connectivity index (χ4n) is 2.38. The van der Waals surface area contributed by atoms with Gasteiger partial charge in [0.2, 0.25) is 0 Å². The molecule has 2 aromatic rings. The van der Waals surface area contributed by atoms with Crippen LogP contribution in [0.5, 0.6) is 0 Å². The summed E-state index contributed by atoms with van der Waals surface area (Å²) in [5.41, 5.74) is 2.13. The Labute approximate surface area is 179 Å². The molecule has 0 radical (unpaired) electrons. The molecule has 0 aliphatic carbocycles. The summed E-state index contributed by atoms with van der Waals surface area (Å²) in [4.78, 5) is 4.64. The molecule has 0 spiro atoms. The molecule has 2 N–H and O–H groups in total. The number of para-hydroxylation sites is 1. The molecule has 0 fully saturated rings. The van der Waals surface area contributed by atoms with Crippen LogP contribution in [0.25, 0.3) is 5.69 Å². The highest BCUT2D eigenvalue weighted by atomic mass is 127. The zero-order valence-electron chi connectivity index (χ0n) is 16.5. The van der Waals surface area contributed by atoms with Crippen LogP contribution >= 0.6 is 24.0 Å². The summed E-state index contributed by atoms with van der Waals surface area (Å²) in [6.07, 6.45) is 4.84. The Kier molecular flexibility index (Phi) is 11.8. The largest absolute Gasteiger partial charge is 0.381 e. The van der Waals surface area contributed by atoms with Crippen molar-refractivity contribution >= 4 is 29.9 Å². The lowest BCUT2D eigenvalue weighted by atomic mass is 10.2. The second kappa shape index (κ2) is 13.5. The number of guanidine groups is 1. The Morgan fingerprint density at radius 3 is 2.70 bits per heavy atom. The molecular weight excluding hydrogens is 453 g/mol. The van der Waals surface area contributed by atoms with Gasteiger partial charge in [-0.15, -0.1) is 24.0 Å². The number of halogens is 1. The Balaban J connectivity index is 0.00000364. The van der Waals surface area contributed by atoms with Crippen LogP contribution in [0.2, 0.25) is 0 Å². The van der Waals surface area contributed by atoms with Crippen LogP contribution < -0.4 is 10.6 Å². The van der Waals surface area contributed by atoms with Crippen molar-refractivity contribution in [2.45, 2.75) is 33.7 Å². The second-order valence-electron chi connectivity index (χ2n) is 6.57. The highest BCUT2D eigenvalue weighted by molar-refractivity contribution is 14.0. The number of hydrogen-bond donors (Lipinski definition) is 2. The molecule has 0 amide bonds. The molecule has 1 aromatic heterocycles. The molecule has 0 saturated heterocycles. The van der Waals surface area contributed by atoms with E-state index in [0.717, 1.165) is 49.9 Å². The molecule has 0 unspecified atom stereocenters. The van der Waals surface area contributed by atoms with Gasteiger partial charge >= 0.3 is 0 Å². The van der Waals surface area contributed by atoms with E-state index in [1.165, 1.54) is 0 Å². The van der Waals surface area contributed by atoms with Crippen molar-refractivity contribution in [2.24, 2.45) is 10.9 Å². The third-order valence-electron chi connectivity index (χ3n) is 3.63. The van der Waals surface area contributed by atoms with E-state index in [0.29, 0.717) is 12.5 Å². The summed E-state index contributed by atoms with van der Waals surface area (Å²) >= 11 is 0. The normalized spacial score (nSPS) is 11.3. The Hall–Kier alpha value is -1.61. The number of hydrogen-bond acceptors (Lipinski definition) is 3. The monoisotopic (exact) mass is 485 g/mol. The quantitative estimate of drug-likeness (QED) is 0.234. The first-order valence-corrected chi connectivity index (χ1v) is 9.38. The van der Waals surface area contributed by atoms with Gasteiger partial charge in [-0.25, -0.2) is 9.67 Å². The summed E-state index contributed by atoms with van der Waals surface area (Å²) in [6.45, 7) is 10.2. The Morgan fingerprint density at radius 1 is 1.22 bits per heavy atom. The Bertz CT molecular complexity index is 657. The maximum absolute atomic E-state index is 5.60. The van der Waals surface area contributed by atoms with Crippen LogP contribution in [0.3, 0.4) is 0 Å². The maximum atomic E-state index is 5.60. The van der Waals surface area contributed by atoms with E-state index in [1.54, 1.807) is 0 Å². The minimum atomic E-state index is 0. The zero-order valence-corrected chi connectivity index (χ0v) is 18.8. The first-order chi connectivity index (χ1) is 12.7. The van der Waals surface area contributed by atoms with Gasteiger partial charge in [-0.3, -0.25) is 0 Å². The fraction of sp³-hybridized carbons (Fsp3) is 0.500. The van der Waals surface area contributed by atoms with E-state index < -0.39 is 0 Å². The molecule has 0 atom stereocenters. The van der Waals surface area contributed by atoms with Crippen molar-refractivity contribution in [3.63, 3.8) is 0 Å². The molecule has 2 rings (SSSR count). The molecule has 0 aliphatic rings. The molecule has 0 saturated carbocycles. The number of rotatable bonds is 10. The Morgan fingerprint density at radius 2 is 2.00 bits per heavy atom. The van der Waals surface area contributed by atoms with Crippen molar-refractivity contribution in [1.82, 2.24) is 20.4 Å². The molecule has 1 heterocycles. The van der Waals surface area contributed by atoms with Gasteiger partial charge < -0.3 is 15.4 Å². The number of nitrogens with one attached hydrogen (secondary N) is 2. The molecule has 27 heavy (non-hydrogen) atoms. The third kappa shape index (κ3) is 9.23. The van der Waals surface area contributed by atoms with Crippen LogP contribution in [0.15, 0.2) is 47.7 Å². The summed E-state index contributed by atoms with van der Waals surface area (Å²) in [7, 11) is 0. The standard InChI is InChI=1S/C20H31N5O.HI/c1-4-21-20(22-11-8-12-26-16-17(2)3)23-13-18-14-24-25(15-18)19-9-6-5-7-10-19;/h5-7,9-10,14-15,17H,4,8,11-13,16H2,1-3H3,(H2,21,22,23);1H. The third-order valence-corrected chi connectivity index (χ3v) is 3.63. The molecule has 7 heteroatoms. The first-order valence-electron chi connectivity index (χ1n) is 9.38. The molecule has 150 valence electrons. The van der Waals surface area contributed by atoms with Crippen LogP contribution in [0, 0.1) is 5.92 Å². The first kappa shape index (κ1) is 23.4. The van der Waals surface area contributed by atoms with Crippen LogP contribution in [0.4, 0.5) is 0 Å². The predicted octanol–water partition coefficient (Wildman–Crippen LogP) is 3.61. The topological polar surface area (TPSA) is 63.5 Å². The number of ether oxygens (including phenoxy) is 1. The number of aromatic nitrogens is 2. The van der Waals surface area contributed by atoms with Crippen molar-refractivity contribution in [3.05, 3.63) is 48.3 Å². The lowest BCUT2D eigenvalue weighted by molar-refractivity contribution is 0.108. The minimum Gasteiger partial charge on any atom is -0.381 e. The zero-order chi connectivity index (χ0) is 18.6. The van der Waals surface area contributed by atoms with Gasteiger partial charge in [0.1, 0.15) is 0 Å². The van der Waals surface area contributed by atoms with E-state index in [-0.39, 0.29) is 24.0 Å². The predicted molar refractivity (Wildman–Crippen MR) is 122 cm³/mol. The van der Waals surface area contributed by atoms with E-state index in [4.69, 9.17) is 4.74 Å². The van der Waals surface area contributed by atoms with Gasteiger partial charge in [-0.05, 0) is 31.4 Å². The highest BCUT2D eigenvalue weighted by Gasteiger charge is 2.02. The van der Waals surface area contributed by atoms with Crippen molar-refractivity contribution in [1.29, 1.82) is 0 Å². The van der Waals surface area contributed by atoms with Crippen molar-refractivity contribution in [3.8, 4) is 5.69 Å². The summed E-state index contributed by atoms with van der Waals surface area (Å²) in [6, 6.07) is 10.1. The summed E-state index contributed by atoms with van der Waals surface area (Å²) in [5.74, 6) is 1.41. The molecular formula is C20H32IN5O. The number of nitrogens with zero attached hydrogens (tertiary/aromatic N) is 3. The average Bonchev–Trinajstić information content (AvgIpc) is 3.12. The SMILES string of the molecule is CCNC(=NCc1cnn(-c2ccccc2)c1)NCCCOCC(C)C.I. The van der Waals surface area contributed by atoms with E-state index in [2.05, 4.69) is 41.5 Å². The van der Waals surface area contributed by atoms with Gasteiger partial charge in [0, 0.05) is 38.1 Å². The molecule has 0 aliphatic heterocycles. The maximum Gasteiger partial charge on any atom is 0.191 e. The smallest absolute Gasteiger partial charge is 0.191 e. The number of benzene rings is 1. The molecule has 1 aromatic carbocycles. The van der Waals surface area contributed by atoms with Gasteiger partial charge in [0.25, 0.3) is 0 Å². The van der Waals surface area contributed by atoms with Crippen molar-refractivity contribution in [2.75, 3.05) is 26.3 Å².